The van der Waals surface area contributed by atoms with E-state index < -0.39 is 0 Å². The van der Waals surface area contributed by atoms with E-state index in [1.807, 2.05) is 0 Å². The zero-order chi connectivity index (χ0) is 9.46. The SMILES string of the molecule is CC1C([NH3+])C(C)C([NH3+])C(C)C1[NH3+]. The van der Waals surface area contributed by atoms with Crippen molar-refractivity contribution in [2.45, 2.75) is 38.9 Å². The van der Waals surface area contributed by atoms with Crippen molar-refractivity contribution >= 4 is 0 Å². The van der Waals surface area contributed by atoms with E-state index in [-0.39, 0.29) is 0 Å². The molecule has 0 spiro atoms. The zero-order valence-electron chi connectivity index (χ0n) is 8.59. The number of rotatable bonds is 0. The molecule has 1 aliphatic carbocycles. The third-order valence-electron chi connectivity index (χ3n) is 4.05. The predicted octanol–water partition coefficient (Wildman–Crippen LogP) is -2.26. The summed E-state index contributed by atoms with van der Waals surface area (Å²) in [6, 6.07) is 1.60. The first-order valence-electron chi connectivity index (χ1n) is 4.96. The molecule has 9 N–H and O–H groups in total. The summed E-state index contributed by atoms with van der Waals surface area (Å²) in [5.41, 5.74) is 12.6. The van der Waals surface area contributed by atoms with Gasteiger partial charge in [-0.3, -0.25) is 0 Å². The van der Waals surface area contributed by atoms with Gasteiger partial charge in [-0.2, -0.15) is 0 Å². The van der Waals surface area contributed by atoms with E-state index in [0.29, 0.717) is 35.9 Å². The van der Waals surface area contributed by atoms with Gasteiger partial charge in [0.25, 0.3) is 0 Å². The fraction of sp³-hybridized carbons (Fsp3) is 1.00. The topological polar surface area (TPSA) is 82.9 Å². The molecular weight excluding hydrogens is 150 g/mol. The molecule has 0 aromatic heterocycles. The van der Waals surface area contributed by atoms with Gasteiger partial charge in [0.05, 0.1) is 17.8 Å². The average molecular weight is 174 g/mol. The maximum Gasteiger partial charge on any atom is 0.101 e. The molecule has 1 fully saturated rings. The second-order valence-corrected chi connectivity index (χ2v) is 4.57. The van der Waals surface area contributed by atoms with Gasteiger partial charge in [0, 0.05) is 0 Å². The van der Waals surface area contributed by atoms with Crippen molar-refractivity contribution in [3.05, 3.63) is 0 Å². The van der Waals surface area contributed by atoms with E-state index in [1.54, 1.807) is 0 Å². The summed E-state index contributed by atoms with van der Waals surface area (Å²) < 4.78 is 0. The van der Waals surface area contributed by atoms with Crippen LogP contribution in [0.4, 0.5) is 0 Å². The summed E-state index contributed by atoms with van der Waals surface area (Å²) in [6.45, 7) is 6.82. The highest BCUT2D eigenvalue weighted by atomic mass is 14.8. The van der Waals surface area contributed by atoms with E-state index in [4.69, 9.17) is 0 Å². The van der Waals surface area contributed by atoms with Crippen molar-refractivity contribution < 1.29 is 17.2 Å². The fourth-order valence-electron chi connectivity index (χ4n) is 2.39. The van der Waals surface area contributed by atoms with Crippen molar-refractivity contribution in [3.8, 4) is 0 Å². The van der Waals surface area contributed by atoms with Gasteiger partial charge in [-0.1, -0.05) is 20.8 Å². The first-order valence-corrected chi connectivity index (χ1v) is 4.96. The van der Waals surface area contributed by atoms with Crippen LogP contribution in [-0.2, 0) is 0 Å². The van der Waals surface area contributed by atoms with Crippen molar-refractivity contribution in [1.82, 2.24) is 0 Å². The highest BCUT2D eigenvalue weighted by Crippen LogP contribution is 2.27. The first kappa shape index (κ1) is 9.96. The monoisotopic (exact) mass is 174 g/mol. The Hall–Kier alpha value is -0.120. The molecule has 12 heavy (non-hydrogen) atoms. The van der Waals surface area contributed by atoms with Crippen molar-refractivity contribution in [2.75, 3.05) is 0 Å². The number of quaternary nitrogens is 3. The van der Waals surface area contributed by atoms with Gasteiger partial charge in [0.15, 0.2) is 0 Å². The van der Waals surface area contributed by atoms with Crippen molar-refractivity contribution in [3.63, 3.8) is 0 Å². The van der Waals surface area contributed by atoms with Crippen LogP contribution in [0.3, 0.4) is 0 Å². The molecular formula is C9H24N3+3. The van der Waals surface area contributed by atoms with E-state index in [0.717, 1.165) is 0 Å². The Balaban J connectivity index is 2.76. The molecule has 0 aliphatic heterocycles. The van der Waals surface area contributed by atoms with Gasteiger partial charge in [0.2, 0.25) is 0 Å². The molecule has 0 heterocycles. The molecule has 3 heteroatoms. The minimum atomic E-state index is 0.534. The van der Waals surface area contributed by atoms with Crippen molar-refractivity contribution in [1.29, 1.82) is 0 Å². The second kappa shape index (κ2) is 3.32. The normalized spacial score (nSPS) is 55.5. The van der Waals surface area contributed by atoms with Gasteiger partial charge < -0.3 is 17.2 Å². The molecule has 0 atom stereocenters. The summed E-state index contributed by atoms with van der Waals surface area (Å²) in [7, 11) is 0. The Labute approximate surface area is 74.7 Å². The van der Waals surface area contributed by atoms with Gasteiger partial charge >= 0.3 is 0 Å². The maximum absolute atomic E-state index is 4.21. The van der Waals surface area contributed by atoms with Gasteiger partial charge in [-0.15, -0.1) is 0 Å². The average Bonchev–Trinajstić information content (AvgIpc) is 2.08. The van der Waals surface area contributed by atoms with Gasteiger partial charge in [0.1, 0.15) is 18.1 Å². The molecule has 0 unspecified atom stereocenters. The molecule has 0 bridgehead atoms. The fourth-order valence-corrected chi connectivity index (χ4v) is 2.39. The first-order chi connectivity index (χ1) is 5.46. The van der Waals surface area contributed by atoms with Crippen LogP contribution in [0.1, 0.15) is 20.8 Å². The van der Waals surface area contributed by atoms with E-state index >= 15 is 0 Å². The number of hydrogen-bond donors (Lipinski definition) is 3. The van der Waals surface area contributed by atoms with Crippen LogP contribution in [-0.4, -0.2) is 18.1 Å². The molecule has 0 radical (unpaired) electrons. The molecule has 1 aliphatic rings. The lowest BCUT2D eigenvalue weighted by molar-refractivity contribution is -0.557. The smallest absolute Gasteiger partial charge is 0.101 e. The molecule has 0 aromatic rings. The summed E-state index contributed by atoms with van der Waals surface area (Å²) in [6.07, 6.45) is 0. The van der Waals surface area contributed by atoms with Crippen LogP contribution in [0.2, 0.25) is 0 Å². The van der Waals surface area contributed by atoms with E-state index in [9.17, 15) is 0 Å². The summed E-state index contributed by atoms with van der Waals surface area (Å²) >= 11 is 0. The van der Waals surface area contributed by atoms with E-state index in [1.165, 1.54) is 0 Å². The Morgan fingerprint density at radius 2 is 0.750 bits per heavy atom. The van der Waals surface area contributed by atoms with Crippen LogP contribution in [0, 0.1) is 17.8 Å². The summed E-state index contributed by atoms with van der Waals surface area (Å²) in [4.78, 5) is 0. The van der Waals surface area contributed by atoms with E-state index in [2.05, 4.69) is 38.0 Å². The largest absolute Gasteiger partial charge is 0.354 e. The van der Waals surface area contributed by atoms with Crippen LogP contribution >= 0.6 is 0 Å². The molecule has 1 saturated carbocycles. The molecule has 72 valence electrons. The standard InChI is InChI=1S/C9H21N3/c1-4-7(10)5(2)9(12)6(3)8(4)11/h4-9H,10-12H2,1-3H3/p+3. The Morgan fingerprint density at radius 3 is 0.917 bits per heavy atom. The number of hydrogen-bond acceptors (Lipinski definition) is 0. The lowest BCUT2D eigenvalue weighted by atomic mass is 9.68. The Kier molecular flexibility index (Phi) is 2.76. The van der Waals surface area contributed by atoms with Crippen LogP contribution in [0.5, 0.6) is 0 Å². The molecule has 0 saturated heterocycles. The summed E-state index contributed by atoms with van der Waals surface area (Å²) in [5.74, 6) is 1.94. The van der Waals surface area contributed by atoms with Crippen LogP contribution < -0.4 is 17.2 Å². The minimum absolute atomic E-state index is 0.534. The second-order valence-electron chi connectivity index (χ2n) is 4.57. The van der Waals surface area contributed by atoms with Gasteiger partial charge in [-0.25, -0.2) is 0 Å². The third-order valence-corrected chi connectivity index (χ3v) is 4.05. The predicted molar refractivity (Wildman–Crippen MR) is 47.5 cm³/mol. The molecule has 1 rings (SSSR count). The third kappa shape index (κ3) is 1.37. The van der Waals surface area contributed by atoms with Crippen LogP contribution in [0.15, 0.2) is 0 Å². The maximum atomic E-state index is 4.21. The molecule has 0 amide bonds. The zero-order valence-corrected chi connectivity index (χ0v) is 8.59. The lowest BCUT2D eigenvalue weighted by Gasteiger charge is -2.38. The Bertz CT molecular complexity index is 101. The van der Waals surface area contributed by atoms with Crippen molar-refractivity contribution in [2.24, 2.45) is 17.8 Å². The molecule has 0 aromatic carbocycles. The quantitative estimate of drug-likeness (QED) is 0.370. The minimum Gasteiger partial charge on any atom is -0.354 e. The highest BCUT2D eigenvalue weighted by molar-refractivity contribution is 4.90. The lowest BCUT2D eigenvalue weighted by Crippen LogP contribution is -2.87. The summed E-state index contributed by atoms with van der Waals surface area (Å²) in [5, 5.41) is 0. The Morgan fingerprint density at radius 1 is 0.583 bits per heavy atom. The highest BCUT2D eigenvalue weighted by Gasteiger charge is 2.46. The van der Waals surface area contributed by atoms with Crippen LogP contribution in [0.25, 0.3) is 0 Å². The van der Waals surface area contributed by atoms with Gasteiger partial charge in [-0.05, 0) is 0 Å². The molecule has 3 nitrogen and oxygen atoms in total.